The molecule has 0 fully saturated rings. The number of rotatable bonds is 6. The molecule has 0 atom stereocenters. The van der Waals surface area contributed by atoms with Crippen LogP contribution in [0.25, 0.3) is 10.9 Å². The Morgan fingerprint density at radius 2 is 2.06 bits per heavy atom. The van der Waals surface area contributed by atoms with Gasteiger partial charge in [-0.2, -0.15) is 0 Å². The molecule has 0 amide bonds. The second-order valence-electron chi connectivity index (χ2n) is 4.05. The average Bonchev–Trinajstić information content (AvgIpc) is 2.39. The molecule has 4 nitrogen and oxygen atoms in total. The Bertz CT molecular complexity index is 540. The molecular formula is C14H16N2O2. The van der Waals surface area contributed by atoms with Gasteiger partial charge in [-0.15, -0.1) is 0 Å². The highest BCUT2D eigenvalue weighted by molar-refractivity contribution is 5.83. The summed E-state index contributed by atoms with van der Waals surface area (Å²) in [5.74, 6) is 0.0197. The summed E-state index contributed by atoms with van der Waals surface area (Å²) in [5.41, 5.74) is 6.96. The summed E-state index contributed by atoms with van der Waals surface area (Å²) < 4.78 is 5.10. The first-order chi connectivity index (χ1) is 8.79. The summed E-state index contributed by atoms with van der Waals surface area (Å²) >= 11 is 0. The molecule has 1 aromatic carbocycles. The molecule has 18 heavy (non-hydrogen) atoms. The Morgan fingerprint density at radius 3 is 2.89 bits per heavy atom. The number of nitrogens with zero attached hydrogens (tertiary/aromatic N) is 1. The summed E-state index contributed by atoms with van der Waals surface area (Å²) in [5, 5.41) is 1.08. The third-order valence-electron chi connectivity index (χ3n) is 2.56. The van der Waals surface area contributed by atoms with Gasteiger partial charge in [0, 0.05) is 17.6 Å². The Hall–Kier alpha value is -1.78. The number of ether oxygens (including phenoxy) is 1. The maximum absolute atomic E-state index is 11.6. The van der Waals surface area contributed by atoms with E-state index in [9.17, 15) is 4.79 Å². The van der Waals surface area contributed by atoms with Crippen LogP contribution in [0.15, 0.2) is 36.4 Å². The number of nitrogens with two attached hydrogens (primary N) is 1. The van der Waals surface area contributed by atoms with Gasteiger partial charge in [0.05, 0.1) is 18.5 Å². The average molecular weight is 244 g/mol. The molecule has 0 aliphatic carbocycles. The van der Waals surface area contributed by atoms with E-state index >= 15 is 0 Å². The maximum atomic E-state index is 11.6. The van der Waals surface area contributed by atoms with Crippen molar-refractivity contribution < 1.29 is 9.53 Å². The Balaban J connectivity index is 2.01. The van der Waals surface area contributed by atoms with Crippen LogP contribution < -0.4 is 5.73 Å². The molecule has 0 aliphatic rings. The molecule has 2 aromatic rings. The molecular weight excluding hydrogens is 228 g/mol. The quantitative estimate of drug-likeness (QED) is 0.778. The minimum absolute atomic E-state index is 0.0197. The molecule has 0 spiro atoms. The summed E-state index contributed by atoms with van der Waals surface area (Å²) in [6.45, 7) is 0.949. The third-order valence-corrected chi connectivity index (χ3v) is 2.56. The van der Waals surface area contributed by atoms with E-state index < -0.39 is 0 Å². The van der Waals surface area contributed by atoms with Crippen molar-refractivity contribution in [3.63, 3.8) is 0 Å². The number of carbonyl (C=O) groups excluding carboxylic acids is 1. The fourth-order valence-corrected chi connectivity index (χ4v) is 1.73. The van der Waals surface area contributed by atoms with Crippen LogP contribution in [0.1, 0.15) is 5.69 Å². The van der Waals surface area contributed by atoms with Crippen LogP contribution in [0.5, 0.6) is 0 Å². The van der Waals surface area contributed by atoms with Gasteiger partial charge in [-0.1, -0.05) is 24.3 Å². The van der Waals surface area contributed by atoms with Gasteiger partial charge in [-0.25, -0.2) is 0 Å². The number of aromatic nitrogens is 1. The van der Waals surface area contributed by atoms with E-state index in [0.717, 1.165) is 16.6 Å². The highest BCUT2D eigenvalue weighted by Gasteiger charge is 2.05. The fraction of sp³-hybridized carbons (Fsp3) is 0.286. The van der Waals surface area contributed by atoms with E-state index in [0.29, 0.717) is 19.6 Å². The number of benzene rings is 1. The lowest BCUT2D eigenvalue weighted by Gasteiger charge is -2.03. The molecule has 1 aromatic heterocycles. The van der Waals surface area contributed by atoms with Crippen molar-refractivity contribution >= 4 is 16.7 Å². The Morgan fingerprint density at radius 1 is 1.22 bits per heavy atom. The van der Waals surface area contributed by atoms with Crippen LogP contribution in [0, 0.1) is 0 Å². The summed E-state index contributed by atoms with van der Waals surface area (Å²) in [6.07, 6.45) is 0.301. The van der Waals surface area contributed by atoms with Crippen molar-refractivity contribution in [2.24, 2.45) is 5.73 Å². The molecule has 0 bridgehead atoms. The fourth-order valence-electron chi connectivity index (χ4n) is 1.73. The molecule has 94 valence electrons. The van der Waals surface area contributed by atoms with Crippen LogP contribution in [-0.4, -0.2) is 30.5 Å². The molecule has 2 N–H and O–H groups in total. The summed E-state index contributed by atoms with van der Waals surface area (Å²) in [4.78, 5) is 16.1. The number of Topliss-reactive ketones (excluding diaryl/α,β-unsaturated/α-hetero) is 1. The minimum atomic E-state index is 0.0197. The zero-order valence-corrected chi connectivity index (χ0v) is 10.1. The van der Waals surface area contributed by atoms with Crippen LogP contribution in [-0.2, 0) is 16.0 Å². The van der Waals surface area contributed by atoms with Gasteiger partial charge in [0.25, 0.3) is 0 Å². The van der Waals surface area contributed by atoms with Gasteiger partial charge >= 0.3 is 0 Å². The predicted molar refractivity (Wildman–Crippen MR) is 70.3 cm³/mol. The monoisotopic (exact) mass is 244 g/mol. The number of ketones is 1. The third kappa shape index (κ3) is 3.35. The zero-order valence-electron chi connectivity index (χ0n) is 10.1. The summed E-state index contributed by atoms with van der Waals surface area (Å²) in [6, 6.07) is 11.7. The molecule has 2 rings (SSSR count). The number of fused-ring (bicyclic) bond motifs is 1. The van der Waals surface area contributed by atoms with Crippen molar-refractivity contribution in [3.8, 4) is 0 Å². The predicted octanol–water partition coefficient (Wildman–Crippen LogP) is 1.32. The van der Waals surface area contributed by atoms with Crippen molar-refractivity contribution in [1.29, 1.82) is 0 Å². The topological polar surface area (TPSA) is 65.2 Å². The first-order valence-electron chi connectivity index (χ1n) is 5.94. The van der Waals surface area contributed by atoms with E-state index in [1.165, 1.54) is 0 Å². The first kappa shape index (κ1) is 12.7. The zero-order chi connectivity index (χ0) is 12.8. The van der Waals surface area contributed by atoms with Crippen molar-refractivity contribution in [3.05, 3.63) is 42.1 Å². The normalized spacial score (nSPS) is 10.7. The second kappa shape index (κ2) is 6.23. The van der Waals surface area contributed by atoms with Gasteiger partial charge < -0.3 is 10.5 Å². The lowest BCUT2D eigenvalue weighted by atomic mass is 10.1. The van der Waals surface area contributed by atoms with Crippen LogP contribution >= 0.6 is 0 Å². The minimum Gasteiger partial charge on any atom is -0.372 e. The van der Waals surface area contributed by atoms with Gasteiger partial charge in [0.15, 0.2) is 5.78 Å². The van der Waals surface area contributed by atoms with Crippen molar-refractivity contribution in [2.75, 3.05) is 19.8 Å². The lowest BCUT2D eigenvalue weighted by molar-refractivity contribution is -0.122. The van der Waals surface area contributed by atoms with Gasteiger partial charge in [-0.3, -0.25) is 9.78 Å². The molecule has 0 saturated carbocycles. The van der Waals surface area contributed by atoms with E-state index in [4.69, 9.17) is 10.5 Å². The standard InChI is InChI=1S/C14H16N2O2/c15-7-8-18-10-13(17)9-12-6-5-11-3-1-2-4-14(11)16-12/h1-6H,7-10,15H2. The highest BCUT2D eigenvalue weighted by atomic mass is 16.5. The van der Waals surface area contributed by atoms with E-state index in [-0.39, 0.29) is 12.4 Å². The van der Waals surface area contributed by atoms with E-state index in [1.54, 1.807) is 0 Å². The lowest BCUT2D eigenvalue weighted by Crippen LogP contribution is -2.16. The number of hydrogen-bond donors (Lipinski definition) is 1. The highest BCUT2D eigenvalue weighted by Crippen LogP contribution is 2.12. The van der Waals surface area contributed by atoms with Crippen LogP contribution in [0.2, 0.25) is 0 Å². The first-order valence-corrected chi connectivity index (χ1v) is 5.94. The van der Waals surface area contributed by atoms with Gasteiger partial charge in [0.1, 0.15) is 6.61 Å². The number of hydrogen-bond acceptors (Lipinski definition) is 4. The molecule has 0 saturated heterocycles. The Kier molecular flexibility index (Phi) is 4.39. The van der Waals surface area contributed by atoms with Crippen LogP contribution in [0.4, 0.5) is 0 Å². The number of pyridine rings is 1. The maximum Gasteiger partial charge on any atom is 0.164 e. The molecule has 0 unspecified atom stereocenters. The molecule has 4 heteroatoms. The number of para-hydroxylation sites is 1. The largest absolute Gasteiger partial charge is 0.372 e. The van der Waals surface area contributed by atoms with Crippen molar-refractivity contribution in [1.82, 2.24) is 4.98 Å². The SMILES string of the molecule is NCCOCC(=O)Cc1ccc2ccccc2n1. The molecule has 1 heterocycles. The van der Waals surface area contributed by atoms with Gasteiger partial charge in [0.2, 0.25) is 0 Å². The summed E-state index contributed by atoms with van der Waals surface area (Å²) in [7, 11) is 0. The second-order valence-corrected chi connectivity index (χ2v) is 4.05. The smallest absolute Gasteiger partial charge is 0.164 e. The number of carbonyl (C=O) groups is 1. The van der Waals surface area contributed by atoms with E-state index in [1.807, 2.05) is 36.4 Å². The van der Waals surface area contributed by atoms with Crippen LogP contribution in [0.3, 0.4) is 0 Å². The molecule has 0 aliphatic heterocycles. The Labute approximate surface area is 106 Å². The van der Waals surface area contributed by atoms with E-state index in [2.05, 4.69) is 4.98 Å². The van der Waals surface area contributed by atoms with Gasteiger partial charge in [-0.05, 0) is 12.1 Å². The van der Waals surface area contributed by atoms with Crippen molar-refractivity contribution in [2.45, 2.75) is 6.42 Å². The molecule has 0 radical (unpaired) electrons.